The average Bonchev–Trinajstić information content (AvgIpc) is 2.46. The number of benzene rings is 1. The van der Waals surface area contributed by atoms with Crippen molar-refractivity contribution in [3.8, 4) is 5.75 Å². The summed E-state index contributed by atoms with van der Waals surface area (Å²) in [5.74, 6) is 0.746. The molecule has 1 aromatic carbocycles. The molecule has 0 heterocycles. The first-order chi connectivity index (χ1) is 10.1. The van der Waals surface area contributed by atoms with Crippen molar-refractivity contribution in [1.82, 2.24) is 0 Å². The van der Waals surface area contributed by atoms with E-state index in [0.29, 0.717) is 17.9 Å². The maximum absolute atomic E-state index is 11.6. The molecule has 0 spiro atoms. The van der Waals surface area contributed by atoms with E-state index in [9.17, 15) is 4.79 Å². The smallest absolute Gasteiger partial charge is 0.163 e. The van der Waals surface area contributed by atoms with Crippen molar-refractivity contribution in [2.45, 2.75) is 65.2 Å². The molecule has 1 aromatic rings. The lowest BCUT2D eigenvalue weighted by Crippen LogP contribution is -2.03. The van der Waals surface area contributed by atoms with E-state index in [2.05, 4.69) is 22.9 Å². The minimum absolute atomic E-state index is 0.0437. The number of carbonyl (C=O) groups excluding carboxylic acids is 1. The molecule has 0 aliphatic carbocycles. The Morgan fingerprint density at radius 2 is 1.67 bits per heavy atom. The van der Waals surface area contributed by atoms with Gasteiger partial charge in [0.25, 0.3) is 0 Å². The molecule has 3 heteroatoms. The number of unbranched alkanes of at least 4 members (excludes halogenated alkanes) is 7. The molecule has 0 radical (unpaired) electrons. The second-order valence-corrected chi connectivity index (χ2v) is 6.44. The number of Topliss-reactive ketones (excluding diaryl/α,β-unsaturated/α-hetero) is 1. The van der Waals surface area contributed by atoms with Gasteiger partial charge in [-0.15, -0.1) is 0 Å². The molecule has 0 aliphatic heterocycles. The fourth-order valence-corrected chi connectivity index (χ4v) is 2.68. The highest BCUT2D eigenvalue weighted by Gasteiger charge is 2.08. The molecule has 21 heavy (non-hydrogen) atoms. The third-order valence-electron chi connectivity index (χ3n) is 3.58. The fourth-order valence-electron chi connectivity index (χ4n) is 2.32. The van der Waals surface area contributed by atoms with Gasteiger partial charge in [-0.3, -0.25) is 4.79 Å². The van der Waals surface area contributed by atoms with Gasteiger partial charge in [-0.2, -0.15) is 0 Å². The zero-order valence-electron chi connectivity index (χ0n) is 13.3. The van der Waals surface area contributed by atoms with Crippen LogP contribution in [-0.2, 0) is 0 Å². The highest BCUT2D eigenvalue weighted by molar-refractivity contribution is 9.10. The predicted molar refractivity (Wildman–Crippen MR) is 92.3 cm³/mol. The summed E-state index contributed by atoms with van der Waals surface area (Å²) in [6, 6.07) is 5.60. The quantitative estimate of drug-likeness (QED) is 0.350. The summed E-state index contributed by atoms with van der Waals surface area (Å²) in [6.07, 6.45) is 10.3. The third kappa shape index (κ3) is 7.66. The zero-order valence-corrected chi connectivity index (χ0v) is 14.9. The van der Waals surface area contributed by atoms with Crippen molar-refractivity contribution in [3.05, 3.63) is 28.2 Å². The molecule has 0 atom stereocenters. The van der Waals surface area contributed by atoms with Crippen LogP contribution in [0.5, 0.6) is 5.75 Å². The Balaban J connectivity index is 2.20. The van der Waals surface area contributed by atoms with Crippen molar-refractivity contribution < 1.29 is 9.53 Å². The predicted octanol–water partition coefficient (Wildman–Crippen LogP) is 6.17. The Kier molecular flexibility index (Phi) is 9.40. The van der Waals surface area contributed by atoms with Crippen molar-refractivity contribution in [2.24, 2.45) is 0 Å². The fraction of sp³-hybridized carbons (Fsp3) is 0.611. The van der Waals surface area contributed by atoms with Gasteiger partial charge in [0.05, 0.1) is 12.2 Å². The summed E-state index contributed by atoms with van der Waals surface area (Å²) >= 11 is 3.38. The molecule has 0 aromatic heterocycles. The first kappa shape index (κ1) is 18.2. The van der Waals surface area contributed by atoms with E-state index in [1.165, 1.54) is 44.9 Å². The lowest BCUT2D eigenvalue weighted by molar-refractivity contribution is 0.101. The SMILES string of the molecule is CCCCCCCCCCOc1ccc(Br)cc1C(C)=O. The normalized spacial score (nSPS) is 10.6. The van der Waals surface area contributed by atoms with Crippen LogP contribution in [0, 0.1) is 0 Å². The molecule has 0 aliphatic rings. The number of rotatable bonds is 11. The Morgan fingerprint density at radius 3 is 2.29 bits per heavy atom. The minimum atomic E-state index is 0.0437. The molecule has 0 unspecified atom stereocenters. The van der Waals surface area contributed by atoms with Crippen molar-refractivity contribution in [2.75, 3.05) is 6.61 Å². The van der Waals surface area contributed by atoms with Crippen molar-refractivity contribution in [1.29, 1.82) is 0 Å². The van der Waals surface area contributed by atoms with E-state index in [4.69, 9.17) is 4.74 Å². The molecule has 0 N–H and O–H groups in total. The molecule has 0 bridgehead atoms. The number of ether oxygens (including phenoxy) is 1. The minimum Gasteiger partial charge on any atom is -0.493 e. The number of halogens is 1. The number of hydrogen-bond acceptors (Lipinski definition) is 2. The molecule has 0 saturated carbocycles. The first-order valence-corrected chi connectivity index (χ1v) is 8.87. The second-order valence-electron chi connectivity index (χ2n) is 5.52. The van der Waals surface area contributed by atoms with Crippen molar-refractivity contribution >= 4 is 21.7 Å². The molecule has 118 valence electrons. The summed E-state index contributed by atoms with van der Waals surface area (Å²) in [5.41, 5.74) is 0.656. The maximum atomic E-state index is 11.6. The van der Waals surface area contributed by atoms with E-state index in [0.717, 1.165) is 10.9 Å². The number of carbonyl (C=O) groups is 1. The van der Waals surface area contributed by atoms with Gasteiger partial charge < -0.3 is 4.74 Å². The van der Waals surface area contributed by atoms with Crippen LogP contribution in [-0.4, -0.2) is 12.4 Å². The molecule has 0 fully saturated rings. The van der Waals surface area contributed by atoms with Gasteiger partial charge in [0.1, 0.15) is 5.75 Å². The van der Waals surface area contributed by atoms with Gasteiger partial charge in [0, 0.05) is 4.47 Å². The highest BCUT2D eigenvalue weighted by Crippen LogP contribution is 2.24. The molecule has 0 amide bonds. The van der Waals surface area contributed by atoms with Gasteiger partial charge in [0.15, 0.2) is 5.78 Å². The van der Waals surface area contributed by atoms with Crippen LogP contribution < -0.4 is 4.74 Å². The van der Waals surface area contributed by atoms with Gasteiger partial charge in [-0.25, -0.2) is 0 Å². The van der Waals surface area contributed by atoms with E-state index in [1.807, 2.05) is 18.2 Å². The topological polar surface area (TPSA) is 26.3 Å². The molecular formula is C18H27BrO2. The van der Waals surface area contributed by atoms with Crippen LogP contribution in [0.25, 0.3) is 0 Å². The largest absolute Gasteiger partial charge is 0.493 e. The van der Waals surface area contributed by atoms with Crippen LogP contribution in [0.4, 0.5) is 0 Å². The van der Waals surface area contributed by atoms with Crippen LogP contribution in [0.2, 0.25) is 0 Å². The molecule has 0 saturated heterocycles. The second kappa shape index (κ2) is 10.8. The monoisotopic (exact) mass is 354 g/mol. The summed E-state index contributed by atoms with van der Waals surface area (Å²) in [4.78, 5) is 11.6. The Morgan fingerprint density at radius 1 is 1.05 bits per heavy atom. The zero-order chi connectivity index (χ0) is 15.5. The number of hydrogen-bond donors (Lipinski definition) is 0. The van der Waals surface area contributed by atoms with Gasteiger partial charge in [-0.05, 0) is 31.5 Å². The Bertz CT molecular complexity index is 429. The van der Waals surface area contributed by atoms with E-state index >= 15 is 0 Å². The first-order valence-electron chi connectivity index (χ1n) is 8.08. The number of ketones is 1. The van der Waals surface area contributed by atoms with Crippen molar-refractivity contribution in [3.63, 3.8) is 0 Å². The van der Waals surface area contributed by atoms with Crippen LogP contribution in [0.1, 0.15) is 75.6 Å². The average molecular weight is 355 g/mol. The standard InChI is InChI=1S/C18H27BrO2/c1-3-4-5-6-7-8-9-10-13-21-18-12-11-16(19)14-17(18)15(2)20/h11-12,14H,3-10,13H2,1-2H3. The third-order valence-corrected chi connectivity index (χ3v) is 4.07. The van der Waals surface area contributed by atoms with Gasteiger partial charge in [0.2, 0.25) is 0 Å². The van der Waals surface area contributed by atoms with Gasteiger partial charge >= 0.3 is 0 Å². The highest BCUT2D eigenvalue weighted by atomic mass is 79.9. The van der Waals surface area contributed by atoms with Crippen LogP contribution in [0.15, 0.2) is 22.7 Å². The summed E-state index contributed by atoms with van der Waals surface area (Å²) in [5, 5.41) is 0. The van der Waals surface area contributed by atoms with Crippen LogP contribution >= 0.6 is 15.9 Å². The Hall–Kier alpha value is -0.830. The lowest BCUT2D eigenvalue weighted by atomic mass is 10.1. The van der Waals surface area contributed by atoms with E-state index in [1.54, 1.807) is 6.92 Å². The molecule has 2 nitrogen and oxygen atoms in total. The summed E-state index contributed by atoms with van der Waals surface area (Å²) < 4.78 is 6.67. The van der Waals surface area contributed by atoms with Crippen LogP contribution in [0.3, 0.4) is 0 Å². The summed E-state index contributed by atoms with van der Waals surface area (Å²) in [7, 11) is 0. The Labute approximate surface area is 137 Å². The van der Waals surface area contributed by atoms with Gasteiger partial charge in [-0.1, -0.05) is 67.8 Å². The summed E-state index contributed by atoms with van der Waals surface area (Å²) in [6.45, 7) is 4.51. The van der Waals surface area contributed by atoms with E-state index < -0.39 is 0 Å². The molecular weight excluding hydrogens is 328 g/mol. The maximum Gasteiger partial charge on any atom is 0.163 e. The van der Waals surface area contributed by atoms with E-state index in [-0.39, 0.29) is 5.78 Å². The lowest BCUT2D eigenvalue weighted by Gasteiger charge is -2.10. The molecule has 1 rings (SSSR count).